The Balaban J connectivity index is 2.79. The first kappa shape index (κ1) is 16.0. The SMILES string of the molecule is COc1cccc(F)c1C(=O)NCC(C)(C)CCBr. The first-order chi connectivity index (χ1) is 8.91. The molecule has 0 heterocycles. The van der Waals surface area contributed by atoms with Gasteiger partial charge in [0, 0.05) is 11.9 Å². The van der Waals surface area contributed by atoms with Gasteiger partial charge in [-0.15, -0.1) is 0 Å². The Morgan fingerprint density at radius 1 is 1.47 bits per heavy atom. The van der Waals surface area contributed by atoms with Crippen LogP contribution in [0.15, 0.2) is 18.2 Å². The number of carbonyl (C=O) groups excluding carboxylic acids is 1. The van der Waals surface area contributed by atoms with E-state index in [1.165, 1.54) is 19.2 Å². The normalized spacial score (nSPS) is 11.2. The summed E-state index contributed by atoms with van der Waals surface area (Å²) in [4.78, 5) is 12.1. The van der Waals surface area contributed by atoms with E-state index in [9.17, 15) is 9.18 Å². The molecule has 1 N–H and O–H groups in total. The Kier molecular flexibility index (Phi) is 5.79. The molecule has 19 heavy (non-hydrogen) atoms. The summed E-state index contributed by atoms with van der Waals surface area (Å²) in [5.41, 5.74) is -0.0860. The Hall–Kier alpha value is -1.10. The number of ether oxygens (including phenoxy) is 1. The summed E-state index contributed by atoms with van der Waals surface area (Å²) in [5, 5.41) is 3.62. The van der Waals surface area contributed by atoms with E-state index in [0.29, 0.717) is 6.54 Å². The molecule has 3 nitrogen and oxygen atoms in total. The quantitative estimate of drug-likeness (QED) is 0.811. The summed E-state index contributed by atoms with van der Waals surface area (Å²) in [6.07, 6.45) is 0.918. The molecule has 1 rings (SSSR count). The van der Waals surface area contributed by atoms with E-state index in [1.54, 1.807) is 6.07 Å². The van der Waals surface area contributed by atoms with Crippen molar-refractivity contribution in [3.63, 3.8) is 0 Å². The molecule has 0 saturated heterocycles. The summed E-state index contributed by atoms with van der Waals surface area (Å²) in [6.45, 7) is 4.58. The van der Waals surface area contributed by atoms with Crippen LogP contribution < -0.4 is 10.1 Å². The molecule has 1 aromatic rings. The van der Waals surface area contributed by atoms with E-state index in [1.807, 2.05) is 13.8 Å². The van der Waals surface area contributed by atoms with Crippen molar-refractivity contribution in [2.45, 2.75) is 20.3 Å². The number of halogens is 2. The number of hydrogen-bond acceptors (Lipinski definition) is 2. The zero-order chi connectivity index (χ0) is 14.5. The van der Waals surface area contributed by atoms with E-state index >= 15 is 0 Å². The highest BCUT2D eigenvalue weighted by Gasteiger charge is 2.21. The van der Waals surface area contributed by atoms with E-state index in [-0.39, 0.29) is 16.7 Å². The molecule has 0 aromatic heterocycles. The van der Waals surface area contributed by atoms with Crippen molar-refractivity contribution in [1.82, 2.24) is 5.32 Å². The van der Waals surface area contributed by atoms with E-state index in [4.69, 9.17) is 4.74 Å². The van der Waals surface area contributed by atoms with Crippen LogP contribution in [0.3, 0.4) is 0 Å². The maximum absolute atomic E-state index is 13.7. The third kappa shape index (κ3) is 4.49. The van der Waals surface area contributed by atoms with Gasteiger partial charge < -0.3 is 10.1 Å². The van der Waals surface area contributed by atoms with Crippen LogP contribution in [0.2, 0.25) is 0 Å². The highest BCUT2D eigenvalue weighted by atomic mass is 79.9. The summed E-state index contributed by atoms with van der Waals surface area (Å²) in [6, 6.07) is 4.34. The van der Waals surface area contributed by atoms with Crippen molar-refractivity contribution < 1.29 is 13.9 Å². The lowest BCUT2D eigenvalue weighted by molar-refractivity contribution is 0.0928. The predicted molar refractivity (Wildman–Crippen MR) is 77.5 cm³/mol. The van der Waals surface area contributed by atoms with Gasteiger partial charge in [0.2, 0.25) is 0 Å². The highest BCUT2D eigenvalue weighted by Crippen LogP contribution is 2.23. The van der Waals surface area contributed by atoms with Crippen LogP contribution in [0, 0.1) is 11.2 Å². The molecule has 1 aromatic carbocycles. The molecule has 0 radical (unpaired) electrons. The van der Waals surface area contributed by atoms with Crippen molar-refractivity contribution >= 4 is 21.8 Å². The fourth-order valence-electron chi connectivity index (χ4n) is 1.65. The summed E-state index contributed by atoms with van der Waals surface area (Å²) >= 11 is 3.38. The molecule has 106 valence electrons. The fraction of sp³-hybridized carbons (Fsp3) is 0.500. The minimum absolute atomic E-state index is 0.0420. The topological polar surface area (TPSA) is 38.3 Å². The number of benzene rings is 1. The zero-order valence-electron chi connectivity index (χ0n) is 11.4. The van der Waals surface area contributed by atoms with E-state index in [2.05, 4.69) is 21.2 Å². The number of amides is 1. The molecule has 0 bridgehead atoms. The van der Waals surface area contributed by atoms with Gasteiger partial charge in [-0.1, -0.05) is 35.8 Å². The lowest BCUT2D eigenvalue weighted by Gasteiger charge is -2.24. The van der Waals surface area contributed by atoms with E-state index < -0.39 is 11.7 Å². The first-order valence-corrected chi connectivity index (χ1v) is 7.20. The van der Waals surface area contributed by atoms with Gasteiger partial charge in [-0.3, -0.25) is 4.79 Å². The van der Waals surface area contributed by atoms with Crippen LogP contribution in [0.4, 0.5) is 4.39 Å². The monoisotopic (exact) mass is 331 g/mol. The third-order valence-corrected chi connectivity index (χ3v) is 3.32. The first-order valence-electron chi connectivity index (χ1n) is 6.08. The Labute approximate surface area is 121 Å². The molecular formula is C14H19BrFNO2. The molecule has 0 aliphatic carbocycles. The van der Waals surface area contributed by atoms with Crippen LogP contribution in [0.25, 0.3) is 0 Å². The number of rotatable bonds is 6. The number of carbonyl (C=O) groups is 1. The Morgan fingerprint density at radius 2 is 2.16 bits per heavy atom. The van der Waals surface area contributed by atoms with Crippen molar-refractivity contribution in [2.75, 3.05) is 19.0 Å². The molecule has 0 spiro atoms. The molecule has 0 aliphatic heterocycles. The predicted octanol–water partition coefficient (Wildman–Crippen LogP) is 3.38. The molecule has 1 amide bonds. The standard InChI is InChI=1S/C14H19BrFNO2/c1-14(2,7-8-15)9-17-13(18)12-10(16)5-4-6-11(12)19-3/h4-6H,7-9H2,1-3H3,(H,17,18). The zero-order valence-corrected chi connectivity index (χ0v) is 13.0. The maximum Gasteiger partial charge on any atom is 0.258 e. The fourth-order valence-corrected chi connectivity index (χ4v) is 2.72. The average molecular weight is 332 g/mol. The van der Waals surface area contributed by atoms with Gasteiger partial charge >= 0.3 is 0 Å². The molecular weight excluding hydrogens is 313 g/mol. The summed E-state index contributed by atoms with van der Waals surface area (Å²) in [5.74, 6) is -0.774. The summed E-state index contributed by atoms with van der Waals surface area (Å²) in [7, 11) is 1.42. The lowest BCUT2D eigenvalue weighted by atomic mass is 9.90. The van der Waals surface area contributed by atoms with Crippen LogP contribution in [0.5, 0.6) is 5.75 Å². The number of hydrogen-bond donors (Lipinski definition) is 1. The number of alkyl halides is 1. The van der Waals surface area contributed by atoms with Crippen molar-refractivity contribution in [2.24, 2.45) is 5.41 Å². The van der Waals surface area contributed by atoms with Gasteiger partial charge in [-0.25, -0.2) is 4.39 Å². The second kappa shape index (κ2) is 6.89. The van der Waals surface area contributed by atoms with Crippen LogP contribution >= 0.6 is 15.9 Å². The molecule has 5 heteroatoms. The van der Waals surface area contributed by atoms with Crippen LogP contribution in [-0.4, -0.2) is 24.9 Å². The van der Waals surface area contributed by atoms with Crippen molar-refractivity contribution in [3.8, 4) is 5.75 Å². The maximum atomic E-state index is 13.7. The smallest absolute Gasteiger partial charge is 0.258 e. The molecule has 0 atom stereocenters. The van der Waals surface area contributed by atoms with Crippen molar-refractivity contribution in [3.05, 3.63) is 29.6 Å². The average Bonchev–Trinajstić information content (AvgIpc) is 2.35. The van der Waals surface area contributed by atoms with E-state index in [0.717, 1.165) is 11.8 Å². The highest BCUT2D eigenvalue weighted by molar-refractivity contribution is 9.09. The minimum Gasteiger partial charge on any atom is -0.496 e. The van der Waals surface area contributed by atoms with Crippen molar-refractivity contribution in [1.29, 1.82) is 0 Å². The molecule has 0 aliphatic rings. The molecule has 0 saturated carbocycles. The van der Waals surface area contributed by atoms with Gasteiger partial charge in [0.15, 0.2) is 0 Å². The van der Waals surface area contributed by atoms with Gasteiger partial charge in [-0.2, -0.15) is 0 Å². The van der Waals surface area contributed by atoms with Gasteiger partial charge in [0.25, 0.3) is 5.91 Å². The second-order valence-corrected chi connectivity index (χ2v) is 5.90. The van der Waals surface area contributed by atoms with Gasteiger partial charge in [-0.05, 0) is 24.0 Å². The number of methoxy groups -OCH3 is 1. The largest absolute Gasteiger partial charge is 0.496 e. The van der Waals surface area contributed by atoms with Crippen LogP contribution in [0.1, 0.15) is 30.6 Å². The Morgan fingerprint density at radius 3 is 2.74 bits per heavy atom. The summed E-state index contributed by atoms with van der Waals surface area (Å²) < 4.78 is 18.7. The van der Waals surface area contributed by atoms with Gasteiger partial charge in [0.1, 0.15) is 17.1 Å². The van der Waals surface area contributed by atoms with Gasteiger partial charge in [0.05, 0.1) is 7.11 Å². The third-order valence-electron chi connectivity index (χ3n) is 2.92. The lowest BCUT2D eigenvalue weighted by Crippen LogP contribution is -2.34. The Bertz CT molecular complexity index is 449. The van der Waals surface area contributed by atoms with Crippen LogP contribution in [-0.2, 0) is 0 Å². The molecule has 0 fully saturated rings. The minimum atomic E-state index is -0.574. The number of nitrogens with one attached hydrogen (secondary N) is 1. The molecule has 0 unspecified atom stereocenters. The second-order valence-electron chi connectivity index (χ2n) is 5.10.